The predicted octanol–water partition coefficient (Wildman–Crippen LogP) is -0.604. The van der Waals surface area contributed by atoms with Gasteiger partial charge in [0.15, 0.2) is 0 Å². The molecule has 0 aromatic carbocycles. The minimum atomic E-state index is -1.20. The molecule has 0 spiro atoms. The van der Waals surface area contributed by atoms with Gasteiger partial charge in [0.1, 0.15) is 12.1 Å². The van der Waals surface area contributed by atoms with Crippen LogP contribution in [0.3, 0.4) is 0 Å². The fourth-order valence-electron chi connectivity index (χ4n) is 4.93. The van der Waals surface area contributed by atoms with E-state index in [1.165, 1.54) is 4.90 Å². The van der Waals surface area contributed by atoms with Crippen molar-refractivity contribution >= 4 is 5.97 Å². The summed E-state index contributed by atoms with van der Waals surface area (Å²) in [7, 11) is 0. The Labute approximate surface area is 157 Å². The van der Waals surface area contributed by atoms with Crippen LogP contribution in [0.4, 0.5) is 0 Å². The molecule has 6 nitrogen and oxygen atoms in total. The second-order valence-electron chi connectivity index (χ2n) is 8.53. The van der Waals surface area contributed by atoms with Gasteiger partial charge in [0.25, 0.3) is 0 Å². The van der Waals surface area contributed by atoms with Crippen LogP contribution in [0.25, 0.3) is 0 Å². The Bertz CT molecular complexity index is 432. The van der Waals surface area contributed by atoms with Gasteiger partial charge >= 0.3 is 0 Å². The van der Waals surface area contributed by atoms with Crippen LogP contribution in [-0.4, -0.2) is 58.2 Å². The second-order valence-corrected chi connectivity index (χ2v) is 8.53. The van der Waals surface area contributed by atoms with Crippen LogP contribution in [0.2, 0.25) is 0 Å². The molecule has 0 aliphatic carbocycles. The Morgan fingerprint density at radius 1 is 1.12 bits per heavy atom. The number of aliphatic carboxylic acids is 1. The molecule has 2 aliphatic heterocycles. The monoisotopic (exact) mass is 371 g/mol. The highest BCUT2D eigenvalue weighted by Gasteiger charge is 2.42. The number of piperidine rings is 2. The molecule has 2 fully saturated rings. The number of quaternary nitrogens is 1. The number of hydrogen-bond acceptors (Lipinski definition) is 5. The van der Waals surface area contributed by atoms with Gasteiger partial charge in [-0.2, -0.15) is 0 Å². The maximum absolute atomic E-state index is 10.6. The van der Waals surface area contributed by atoms with E-state index in [4.69, 9.17) is 0 Å². The number of nitrogens with one attached hydrogen (secondary N) is 1. The van der Waals surface area contributed by atoms with Gasteiger partial charge in [0, 0.05) is 31.7 Å². The Morgan fingerprint density at radius 2 is 1.81 bits per heavy atom. The Balaban J connectivity index is 1.58. The molecular weight excluding hydrogens is 334 g/mol. The van der Waals surface area contributed by atoms with E-state index in [0.717, 1.165) is 64.3 Å². The molecule has 152 valence electrons. The summed E-state index contributed by atoms with van der Waals surface area (Å²) >= 11 is 0. The topological polar surface area (TPSA) is 105 Å². The van der Waals surface area contributed by atoms with Crippen molar-refractivity contribution in [1.82, 2.24) is 0 Å². The first kappa shape index (κ1) is 21.6. The molecule has 2 heterocycles. The van der Waals surface area contributed by atoms with Gasteiger partial charge in [0.05, 0.1) is 24.8 Å². The lowest BCUT2D eigenvalue weighted by atomic mass is 9.79. The Kier molecular flexibility index (Phi) is 8.80. The third-order valence-corrected chi connectivity index (χ3v) is 6.62. The lowest BCUT2D eigenvalue weighted by Crippen LogP contribution is -3.22. The highest BCUT2D eigenvalue weighted by atomic mass is 16.4. The number of carboxylic acids is 1. The molecule has 26 heavy (non-hydrogen) atoms. The summed E-state index contributed by atoms with van der Waals surface area (Å²) in [6.07, 6.45) is 7.67. The molecule has 6 heteroatoms. The lowest BCUT2D eigenvalue weighted by Gasteiger charge is -2.45. The maximum Gasteiger partial charge on any atom is 0.111 e. The van der Waals surface area contributed by atoms with Crippen molar-refractivity contribution in [2.75, 3.05) is 6.54 Å². The maximum atomic E-state index is 10.6. The number of carbonyl (C=O) groups is 1. The first-order chi connectivity index (χ1) is 12.4. The van der Waals surface area contributed by atoms with Crippen LogP contribution in [0, 0.1) is 5.92 Å². The predicted molar refractivity (Wildman–Crippen MR) is 96.4 cm³/mol. The van der Waals surface area contributed by atoms with E-state index >= 15 is 0 Å². The number of rotatable bonds is 10. The van der Waals surface area contributed by atoms with Gasteiger partial charge in [-0.1, -0.05) is 25.7 Å². The molecule has 0 bridgehead atoms. The fourth-order valence-corrected chi connectivity index (χ4v) is 4.93. The van der Waals surface area contributed by atoms with Crippen LogP contribution < -0.4 is 10.0 Å². The number of carboxylic acid groups (broad SMARTS) is 1. The molecule has 1 unspecified atom stereocenters. The van der Waals surface area contributed by atoms with Crippen molar-refractivity contribution in [3.05, 3.63) is 0 Å². The third kappa shape index (κ3) is 6.48. The van der Waals surface area contributed by atoms with E-state index in [2.05, 4.69) is 6.92 Å². The molecule has 2 aliphatic rings. The first-order valence-corrected chi connectivity index (χ1v) is 10.5. The van der Waals surface area contributed by atoms with Crippen molar-refractivity contribution in [3.63, 3.8) is 0 Å². The molecule has 0 aromatic rings. The highest BCUT2D eigenvalue weighted by molar-refractivity contribution is 5.64. The van der Waals surface area contributed by atoms with Crippen molar-refractivity contribution < 1.29 is 30.1 Å². The standard InChI is InChI=1S/C20H37NO5/c1-14-18(23)9-8-16-12-15(10-11-21(14)16)19(24)7-5-3-2-4-6-17(22)13-20(25)26/h14-19,22-24H,2-13H2,1H3,(H,25,26)/t14-,15+,16-,17+,18+,19+/m0/s1. The number of hydrogen-bond donors (Lipinski definition) is 4. The average molecular weight is 372 g/mol. The summed E-state index contributed by atoms with van der Waals surface area (Å²) in [6, 6.07) is 0.908. The van der Waals surface area contributed by atoms with E-state index < -0.39 is 12.1 Å². The Hall–Kier alpha value is -0.690. The first-order valence-electron chi connectivity index (χ1n) is 10.5. The van der Waals surface area contributed by atoms with E-state index in [9.17, 15) is 25.2 Å². The summed E-state index contributed by atoms with van der Waals surface area (Å²) in [6.45, 7) is 3.20. The second kappa shape index (κ2) is 10.6. The smallest absolute Gasteiger partial charge is 0.111 e. The van der Waals surface area contributed by atoms with Gasteiger partial charge in [0.2, 0.25) is 0 Å². The lowest BCUT2D eigenvalue weighted by molar-refractivity contribution is -0.963. The molecule has 2 saturated heterocycles. The minimum Gasteiger partial charge on any atom is -0.550 e. The van der Waals surface area contributed by atoms with Crippen LogP contribution in [0.1, 0.15) is 77.6 Å². The van der Waals surface area contributed by atoms with Gasteiger partial charge in [-0.3, -0.25) is 0 Å². The van der Waals surface area contributed by atoms with E-state index in [0.29, 0.717) is 24.4 Å². The number of unbranched alkanes of at least 4 members (excludes halogenated alkanes) is 3. The zero-order valence-electron chi connectivity index (χ0n) is 16.1. The number of carbonyl (C=O) groups excluding carboxylic acids is 1. The molecule has 4 N–H and O–H groups in total. The number of aliphatic hydroxyl groups is 3. The Morgan fingerprint density at radius 3 is 2.50 bits per heavy atom. The molecule has 0 saturated carbocycles. The molecule has 2 rings (SSSR count). The molecule has 7 atom stereocenters. The molecular formula is C20H37NO5. The van der Waals surface area contributed by atoms with Crippen LogP contribution in [-0.2, 0) is 4.79 Å². The zero-order valence-corrected chi connectivity index (χ0v) is 16.1. The largest absolute Gasteiger partial charge is 0.550 e. The van der Waals surface area contributed by atoms with Gasteiger partial charge in [-0.05, 0) is 32.1 Å². The summed E-state index contributed by atoms with van der Waals surface area (Å²) in [5.41, 5.74) is 0. The number of fused-ring (bicyclic) bond motifs is 1. The molecule has 0 amide bonds. The normalized spacial score (nSPS) is 34.1. The van der Waals surface area contributed by atoms with Crippen molar-refractivity contribution in [1.29, 1.82) is 0 Å². The highest BCUT2D eigenvalue weighted by Crippen LogP contribution is 2.26. The van der Waals surface area contributed by atoms with Crippen LogP contribution in [0.15, 0.2) is 0 Å². The summed E-state index contributed by atoms with van der Waals surface area (Å²) in [4.78, 5) is 11.9. The van der Waals surface area contributed by atoms with Crippen molar-refractivity contribution in [2.24, 2.45) is 5.92 Å². The van der Waals surface area contributed by atoms with Gasteiger partial charge < -0.3 is 30.1 Å². The molecule has 0 radical (unpaired) electrons. The minimum absolute atomic E-state index is 0.173. The van der Waals surface area contributed by atoms with E-state index in [-0.39, 0.29) is 18.6 Å². The number of aliphatic hydroxyl groups excluding tert-OH is 3. The van der Waals surface area contributed by atoms with Crippen LogP contribution >= 0.6 is 0 Å². The summed E-state index contributed by atoms with van der Waals surface area (Å²) in [5, 5.41) is 40.5. The quantitative estimate of drug-likeness (QED) is 0.384. The average Bonchev–Trinajstić information content (AvgIpc) is 2.60. The zero-order chi connectivity index (χ0) is 19.1. The fraction of sp³-hybridized carbons (Fsp3) is 0.950. The van der Waals surface area contributed by atoms with E-state index in [1.54, 1.807) is 0 Å². The van der Waals surface area contributed by atoms with Crippen molar-refractivity contribution in [3.8, 4) is 0 Å². The summed E-state index contributed by atoms with van der Waals surface area (Å²) < 4.78 is 0. The van der Waals surface area contributed by atoms with Gasteiger partial charge in [-0.15, -0.1) is 0 Å². The van der Waals surface area contributed by atoms with E-state index in [1.807, 2.05) is 0 Å². The third-order valence-electron chi connectivity index (χ3n) is 6.62. The summed E-state index contributed by atoms with van der Waals surface area (Å²) in [5.74, 6) is -0.813. The van der Waals surface area contributed by atoms with Crippen LogP contribution in [0.5, 0.6) is 0 Å². The van der Waals surface area contributed by atoms with Gasteiger partial charge in [-0.25, -0.2) is 0 Å². The van der Waals surface area contributed by atoms with Crippen molar-refractivity contribution in [2.45, 2.75) is 108 Å². The SMILES string of the molecule is C[C@H]1[C@H](O)CC[C@H]2C[C@H]([C@H](O)CCCCCC[C@@H](O)CC(=O)[O-])CC[NH+]21. The molecule has 0 aromatic heterocycles.